The standard InChI is InChI=1S/C7H13N3O/c8-7(9)10-2-4-1-5(3-10)6(4)11/h4-6,11H,1-3H2,(H3,8,9)/t4-,5+,6?. The molecule has 62 valence electrons. The molecule has 0 radical (unpaired) electrons. The van der Waals surface area contributed by atoms with Crippen LogP contribution in [0.3, 0.4) is 0 Å². The highest BCUT2D eigenvalue weighted by Crippen LogP contribution is 2.39. The van der Waals surface area contributed by atoms with Crippen molar-refractivity contribution < 1.29 is 5.11 Å². The van der Waals surface area contributed by atoms with Crippen LogP contribution in [0.2, 0.25) is 0 Å². The molecule has 3 aliphatic rings. The Labute approximate surface area is 65.5 Å². The highest BCUT2D eigenvalue weighted by molar-refractivity contribution is 5.74. The van der Waals surface area contributed by atoms with Gasteiger partial charge in [0, 0.05) is 24.9 Å². The van der Waals surface area contributed by atoms with Gasteiger partial charge in [0.05, 0.1) is 6.10 Å². The molecular weight excluding hydrogens is 142 g/mol. The molecule has 1 unspecified atom stereocenters. The van der Waals surface area contributed by atoms with Crippen molar-refractivity contribution in [2.24, 2.45) is 17.6 Å². The average molecular weight is 155 g/mol. The van der Waals surface area contributed by atoms with Crippen LogP contribution in [0.1, 0.15) is 6.42 Å². The number of rotatable bonds is 0. The van der Waals surface area contributed by atoms with Gasteiger partial charge in [0.15, 0.2) is 5.96 Å². The van der Waals surface area contributed by atoms with Gasteiger partial charge < -0.3 is 15.7 Å². The first-order valence-electron chi connectivity index (χ1n) is 3.95. The van der Waals surface area contributed by atoms with Crippen molar-refractivity contribution in [3.8, 4) is 0 Å². The molecule has 1 aliphatic carbocycles. The van der Waals surface area contributed by atoms with Gasteiger partial charge in [0.25, 0.3) is 0 Å². The molecule has 1 saturated carbocycles. The van der Waals surface area contributed by atoms with Crippen LogP contribution in [0.25, 0.3) is 0 Å². The summed E-state index contributed by atoms with van der Waals surface area (Å²) in [7, 11) is 0. The molecule has 11 heavy (non-hydrogen) atoms. The molecule has 3 fully saturated rings. The summed E-state index contributed by atoms with van der Waals surface area (Å²) in [5.41, 5.74) is 5.32. The number of fused-ring (bicyclic) bond motifs is 2. The maximum absolute atomic E-state index is 9.39. The topological polar surface area (TPSA) is 73.3 Å². The lowest BCUT2D eigenvalue weighted by Gasteiger charge is -2.51. The van der Waals surface area contributed by atoms with Gasteiger partial charge in [-0.1, -0.05) is 0 Å². The molecule has 0 spiro atoms. The highest BCUT2D eigenvalue weighted by atomic mass is 16.3. The Balaban J connectivity index is 1.99. The van der Waals surface area contributed by atoms with Crippen molar-refractivity contribution in [1.29, 1.82) is 5.41 Å². The van der Waals surface area contributed by atoms with E-state index in [4.69, 9.17) is 11.1 Å². The van der Waals surface area contributed by atoms with E-state index in [1.54, 1.807) is 0 Å². The van der Waals surface area contributed by atoms with Crippen molar-refractivity contribution in [2.45, 2.75) is 12.5 Å². The maximum Gasteiger partial charge on any atom is 0.188 e. The fourth-order valence-corrected chi connectivity index (χ4v) is 2.06. The number of aliphatic hydroxyl groups is 1. The summed E-state index contributed by atoms with van der Waals surface area (Å²) in [6.45, 7) is 1.54. The molecule has 0 aromatic carbocycles. The van der Waals surface area contributed by atoms with Crippen molar-refractivity contribution in [1.82, 2.24) is 4.90 Å². The van der Waals surface area contributed by atoms with E-state index < -0.39 is 0 Å². The summed E-state index contributed by atoms with van der Waals surface area (Å²) in [6, 6.07) is 0. The Hall–Kier alpha value is -0.770. The normalized spacial score (nSPS) is 41.5. The molecule has 0 aromatic heterocycles. The molecule has 0 aromatic rings. The highest BCUT2D eigenvalue weighted by Gasteiger charge is 2.45. The Morgan fingerprint density at radius 1 is 1.45 bits per heavy atom. The summed E-state index contributed by atoms with van der Waals surface area (Å²) in [4.78, 5) is 1.84. The largest absolute Gasteiger partial charge is 0.392 e. The van der Waals surface area contributed by atoms with Crippen LogP contribution in [0.4, 0.5) is 0 Å². The Bertz CT molecular complexity index is 182. The Kier molecular flexibility index (Phi) is 1.32. The van der Waals surface area contributed by atoms with Crippen molar-refractivity contribution in [3.63, 3.8) is 0 Å². The van der Waals surface area contributed by atoms with Crippen LogP contribution < -0.4 is 5.73 Å². The molecule has 2 aliphatic heterocycles. The number of guanidine groups is 1. The fourth-order valence-electron chi connectivity index (χ4n) is 2.06. The minimum Gasteiger partial charge on any atom is -0.392 e. The second-order valence-corrected chi connectivity index (χ2v) is 3.54. The molecular formula is C7H13N3O. The molecule has 0 amide bonds. The summed E-state index contributed by atoms with van der Waals surface area (Å²) in [5, 5.41) is 16.6. The zero-order chi connectivity index (χ0) is 8.01. The zero-order valence-corrected chi connectivity index (χ0v) is 6.33. The van der Waals surface area contributed by atoms with Gasteiger partial charge in [-0.3, -0.25) is 5.41 Å². The van der Waals surface area contributed by atoms with Gasteiger partial charge in [-0.05, 0) is 6.42 Å². The number of hydrogen-bond donors (Lipinski definition) is 3. The van der Waals surface area contributed by atoms with E-state index in [0.717, 1.165) is 19.5 Å². The molecule has 2 bridgehead atoms. The minimum atomic E-state index is -0.120. The van der Waals surface area contributed by atoms with Gasteiger partial charge >= 0.3 is 0 Å². The van der Waals surface area contributed by atoms with Crippen LogP contribution in [-0.4, -0.2) is 35.2 Å². The number of nitrogens with two attached hydrogens (primary N) is 1. The summed E-state index contributed by atoms with van der Waals surface area (Å²) >= 11 is 0. The second-order valence-electron chi connectivity index (χ2n) is 3.54. The van der Waals surface area contributed by atoms with E-state index in [2.05, 4.69) is 0 Å². The molecule has 4 N–H and O–H groups in total. The molecule has 4 heteroatoms. The van der Waals surface area contributed by atoms with Crippen molar-refractivity contribution >= 4 is 5.96 Å². The third-order valence-electron chi connectivity index (χ3n) is 2.82. The second kappa shape index (κ2) is 2.11. The van der Waals surface area contributed by atoms with E-state index in [1.165, 1.54) is 0 Å². The molecule has 3 rings (SSSR count). The number of aliphatic hydroxyl groups excluding tert-OH is 1. The van der Waals surface area contributed by atoms with Gasteiger partial charge in [-0.25, -0.2) is 0 Å². The lowest BCUT2D eigenvalue weighted by Crippen LogP contribution is -2.60. The number of nitrogens with zero attached hydrogens (tertiary/aromatic N) is 1. The van der Waals surface area contributed by atoms with E-state index in [0.29, 0.717) is 11.8 Å². The first-order chi connectivity index (χ1) is 5.18. The van der Waals surface area contributed by atoms with Gasteiger partial charge in [-0.2, -0.15) is 0 Å². The molecule has 2 saturated heterocycles. The molecule has 2 heterocycles. The van der Waals surface area contributed by atoms with Crippen LogP contribution in [0.15, 0.2) is 0 Å². The van der Waals surface area contributed by atoms with E-state index >= 15 is 0 Å². The average Bonchev–Trinajstić information content (AvgIpc) is 2.03. The van der Waals surface area contributed by atoms with Crippen LogP contribution >= 0.6 is 0 Å². The predicted molar refractivity (Wildman–Crippen MR) is 41.1 cm³/mol. The smallest absolute Gasteiger partial charge is 0.188 e. The molecule has 3 atom stereocenters. The first-order valence-corrected chi connectivity index (χ1v) is 3.95. The van der Waals surface area contributed by atoms with Crippen molar-refractivity contribution in [3.05, 3.63) is 0 Å². The van der Waals surface area contributed by atoms with Gasteiger partial charge in [0.1, 0.15) is 0 Å². The molecule has 4 nitrogen and oxygen atoms in total. The Morgan fingerprint density at radius 2 is 2.00 bits per heavy atom. The third-order valence-corrected chi connectivity index (χ3v) is 2.82. The van der Waals surface area contributed by atoms with Gasteiger partial charge in [0.2, 0.25) is 0 Å². The first kappa shape index (κ1) is 6.91. The SMILES string of the molecule is N=C(N)N1C[C@H]2C[C@@H](C1)C2O. The lowest BCUT2D eigenvalue weighted by atomic mass is 9.68. The quantitative estimate of drug-likeness (QED) is 0.316. The lowest BCUT2D eigenvalue weighted by molar-refractivity contribution is -0.0905. The fraction of sp³-hybridized carbons (Fsp3) is 0.857. The van der Waals surface area contributed by atoms with Crippen LogP contribution in [-0.2, 0) is 0 Å². The monoisotopic (exact) mass is 155 g/mol. The number of hydrogen-bond acceptors (Lipinski definition) is 2. The van der Waals surface area contributed by atoms with Crippen LogP contribution in [0, 0.1) is 17.2 Å². The van der Waals surface area contributed by atoms with Crippen molar-refractivity contribution in [2.75, 3.05) is 13.1 Å². The third kappa shape index (κ3) is 0.894. The van der Waals surface area contributed by atoms with E-state index in [9.17, 15) is 5.11 Å². The predicted octanol–water partition coefficient (Wildman–Crippen LogP) is -0.808. The summed E-state index contributed by atoms with van der Waals surface area (Å²) in [5.74, 6) is 0.891. The number of nitrogens with one attached hydrogen (secondary N) is 1. The zero-order valence-electron chi connectivity index (χ0n) is 6.33. The minimum absolute atomic E-state index is 0.120. The number of piperidine rings is 2. The van der Waals surface area contributed by atoms with E-state index in [-0.39, 0.29) is 12.1 Å². The summed E-state index contributed by atoms with van der Waals surface area (Å²) in [6.07, 6.45) is 0.996. The van der Waals surface area contributed by atoms with Gasteiger partial charge in [-0.15, -0.1) is 0 Å². The van der Waals surface area contributed by atoms with Crippen LogP contribution in [0.5, 0.6) is 0 Å². The summed E-state index contributed by atoms with van der Waals surface area (Å²) < 4.78 is 0. The maximum atomic E-state index is 9.39. The Morgan fingerprint density at radius 3 is 2.36 bits per heavy atom. The van der Waals surface area contributed by atoms with E-state index in [1.807, 2.05) is 4.90 Å².